The number of nitrogens with zero attached hydrogens (tertiary/aromatic N) is 1. The lowest BCUT2D eigenvalue weighted by molar-refractivity contribution is -0.144. The molecule has 1 saturated heterocycles. The fourth-order valence-electron chi connectivity index (χ4n) is 2.59. The molecule has 3 unspecified atom stereocenters. The number of carbonyl (C=O) groups is 1. The van der Waals surface area contributed by atoms with Crippen LogP contribution in [0, 0.1) is 0 Å². The van der Waals surface area contributed by atoms with E-state index in [9.17, 15) is 9.90 Å². The molecule has 0 aromatic rings. The highest BCUT2D eigenvalue weighted by atomic mass is 16.5. The monoisotopic (exact) mass is 286 g/mol. The summed E-state index contributed by atoms with van der Waals surface area (Å²) in [6.07, 6.45) is 2.76. The smallest absolute Gasteiger partial charge is 0.323 e. The highest BCUT2D eigenvalue weighted by Gasteiger charge is 2.32. The Morgan fingerprint density at radius 2 is 2.20 bits per heavy atom. The first-order chi connectivity index (χ1) is 9.39. The minimum absolute atomic E-state index is 0.273. The van der Waals surface area contributed by atoms with Gasteiger partial charge < -0.3 is 15.2 Å². The number of rotatable bonds is 8. The van der Waals surface area contributed by atoms with Crippen molar-refractivity contribution in [1.82, 2.24) is 10.2 Å². The van der Waals surface area contributed by atoms with Crippen LogP contribution in [0.5, 0.6) is 0 Å². The molecule has 0 saturated carbocycles. The zero-order chi connectivity index (χ0) is 15.2. The fourth-order valence-corrected chi connectivity index (χ4v) is 2.59. The van der Waals surface area contributed by atoms with Crippen molar-refractivity contribution in [3.63, 3.8) is 0 Å². The molecule has 0 aliphatic carbocycles. The van der Waals surface area contributed by atoms with Crippen LogP contribution in [0.3, 0.4) is 0 Å². The summed E-state index contributed by atoms with van der Waals surface area (Å²) in [6, 6.07) is 0.422. The molecule has 0 amide bonds. The largest absolute Gasteiger partial charge is 0.480 e. The van der Waals surface area contributed by atoms with Crippen LogP contribution < -0.4 is 5.32 Å². The van der Waals surface area contributed by atoms with Gasteiger partial charge >= 0.3 is 5.97 Å². The third kappa shape index (κ3) is 5.04. The van der Waals surface area contributed by atoms with E-state index in [0.29, 0.717) is 12.5 Å². The van der Waals surface area contributed by atoms with Crippen molar-refractivity contribution in [3.05, 3.63) is 0 Å². The van der Waals surface area contributed by atoms with Crippen molar-refractivity contribution in [2.45, 2.75) is 64.6 Å². The molecule has 3 atom stereocenters. The van der Waals surface area contributed by atoms with Gasteiger partial charge in [-0.15, -0.1) is 0 Å². The topological polar surface area (TPSA) is 61.8 Å². The molecule has 20 heavy (non-hydrogen) atoms. The summed E-state index contributed by atoms with van der Waals surface area (Å²) in [7, 11) is 0. The van der Waals surface area contributed by atoms with E-state index in [1.54, 1.807) is 6.92 Å². The summed E-state index contributed by atoms with van der Waals surface area (Å²) in [5.41, 5.74) is -0.808. The van der Waals surface area contributed by atoms with Crippen LogP contribution in [-0.4, -0.2) is 59.9 Å². The summed E-state index contributed by atoms with van der Waals surface area (Å²) in [4.78, 5) is 13.8. The Labute approximate surface area is 122 Å². The van der Waals surface area contributed by atoms with Gasteiger partial charge in [0, 0.05) is 12.6 Å². The number of hydrogen-bond donors (Lipinski definition) is 2. The molecule has 5 nitrogen and oxygen atoms in total. The summed E-state index contributed by atoms with van der Waals surface area (Å²) < 4.78 is 5.61. The van der Waals surface area contributed by atoms with Gasteiger partial charge in [-0.25, -0.2) is 0 Å². The number of ether oxygens (including phenoxy) is 1. The van der Waals surface area contributed by atoms with E-state index < -0.39 is 11.5 Å². The van der Waals surface area contributed by atoms with Crippen molar-refractivity contribution in [2.24, 2.45) is 0 Å². The van der Waals surface area contributed by atoms with Gasteiger partial charge in [0.1, 0.15) is 5.54 Å². The highest BCUT2D eigenvalue weighted by molar-refractivity contribution is 5.78. The van der Waals surface area contributed by atoms with Gasteiger partial charge in [-0.05, 0) is 53.1 Å². The summed E-state index contributed by atoms with van der Waals surface area (Å²) in [5.74, 6) is -0.755. The lowest BCUT2D eigenvalue weighted by Gasteiger charge is -2.37. The highest BCUT2D eigenvalue weighted by Crippen LogP contribution is 2.16. The van der Waals surface area contributed by atoms with Crippen molar-refractivity contribution in [1.29, 1.82) is 0 Å². The lowest BCUT2D eigenvalue weighted by Crippen LogP contribution is -2.51. The molecule has 1 heterocycles. The molecule has 1 rings (SSSR count). The molecule has 0 aromatic heterocycles. The van der Waals surface area contributed by atoms with Crippen molar-refractivity contribution < 1.29 is 14.6 Å². The Kier molecular flexibility index (Phi) is 6.92. The van der Waals surface area contributed by atoms with Gasteiger partial charge in [0.05, 0.1) is 12.7 Å². The zero-order valence-electron chi connectivity index (χ0n) is 13.3. The second-order valence-corrected chi connectivity index (χ2v) is 6.16. The molecule has 0 aromatic carbocycles. The second kappa shape index (κ2) is 7.96. The quantitative estimate of drug-likeness (QED) is 0.711. The maximum Gasteiger partial charge on any atom is 0.323 e. The van der Waals surface area contributed by atoms with Gasteiger partial charge in [0.25, 0.3) is 0 Å². The van der Waals surface area contributed by atoms with Crippen LogP contribution in [0.2, 0.25) is 0 Å². The molecule has 1 aliphatic rings. The molecule has 0 radical (unpaired) electrons. The Hall–Kier alpha value is -0.650. The summed E-state index contributed by atoms with van der Waals surface area (Å²) in [6.45, 7) is 11.5. The third-order valence-electron chi connectivity index (χ3n) is 4.10. The van der Waals surface area contributed by atoms with E-state index in [1.165, 1.54) is 0 Å². The Morgan fingerprint density at radius 1 is 1.50 bits per heavy atom. The normalized spacial score (nSPS) is 27.2. The SMILES string of the molecule is CCCNC(C)(CCCN1CC(C)OCC1C)C(=O)O. The number of morpholine rings is 1. The average Bonchev–Trinajstić information content (AvgIpc) is 2.40. The van der Waals surface area contributed by atoms with Crippen LogP contribution in [0.1, 0.15) is 47.0 Å². The minimum Gasteiger partial charge on any atom is -0.480 e. The van der Waals surface area contributed by atoms with E-state index in [4.69, 9.17) is 4.74 Å². The van der Waals surface area contributed by atoms with Gasteiger partial charge in [-0.2, -0.15) is 0 Å². The molecule has 1 fully saturated rings. The standard InChI is InChI=1S/C15H30N2O3/c1-5-8-16-15(4,14(18)19)7-6-9-17-10-13(3)20-11-12(17)2/h12-13,16H,5-11H2,1-4H3,(H,18,19). The third-order valence-corrected chi connectivity index (χ3v) is 4.10. The Bertz CT molecular complexity index is 311. The minimum atomic E-state index is -0.808. The zero-order valence-corrected chi connectivity index (χ0v) is 13.3. The molecule has 118 valence electrons. The molecule has 1 aliphatic heterocycles. The van der Waals surface area contributed by atoms with E-state index in [0.717, 1.165) is 39.1 Å². The number of aliphatic carboxylic acids is 1. The predicted molar refractivity (Wildman–Crippen MR) is 80.0 cm³/mol. The van der Waals surface area contributed by atoms with Crippen LogP contribution >= 0.6 is 0 Å². The number of hydrogen-bond acceptors (Lipinski definition) is 4. The first kappa shape index (κ1) is 17.4. The summed E-state index contributed by atoms with van der Waals surface area (Å²) >= 11 is 0. The van der Waals surface area contributed by atoms with E-state index >= 15 is 0 Å². The molecule has 0 bridgehead atoms. The molecule has 0 spiro atoms. The fraction of sp³-hybridized carbons (Fsp3) is 0.933. The van der Waals surface area contributed by atoms with Crippen LogP contribution in [-0.2, 0) is 9.53 Å². The number of nitrogens with one attached hydrogen (secondary N) is 1. The maximum atomic E-state index is 11.4. The molecule has 2 N–H and O–H groups in total. The van der Waals surface area contributed by atoms with Gasteiger partial charge in [-0.3, -0.25) is 9.69 Å². The van der Waals surface area contributed by atoms with E-state index in [-0.39, 0.29) is 6.10 Å². The molecular weight excluding hydrogens is 256 g/mol. The van der Waals surface area contributed by atoms with Gasteiger partial charge in [0.2, 0.25) is 0 Å². The van der Waals surface area contributed by atoms with Crippen molar-refractivity contribution in [3.8, 4) is 0 Å². The van der Waals surface area contributed by atoms with E-state index in [1.807, 2.05) is 6.92 Å². The van der Waals surface area contributed by atoms with Crippen LogP contribution in [0.4, 0.5) is 0 Å². The first-order valence-electron chi connectivity index (χ1n) is 7.73. The Balaban J connectivity index is 2.41. The summed E-state index contributed by atoms with van der Waals surface area (Å²) in [5, 5.41) is 12.6. The van der Waals surface area contributed by atoms with Crippen molar-refractivity contribution >= 4 is 5.97 Å². The van der Waals surface area contributed by atoms with Crippen molar-refractivity contribution in [2.75, 3.05) is 26.2 Å². The number of carboxylic acid groups (broad SMARTS) is 1. The maximum absolute atomic E-state index is 11.4. The predicted octanol–water partition coefficient (Wildman–Crippen LogP) is 1.72. The number of carboxylic acids is 1. The first-order valence-corrected chi connectivity index (χ1v) is 7.73. The van der Waals surface area contributed by atoms with Gasteiger partial charge in [-0.1, -0.05) is 6.92 Å². The van der Waals surface area contributed by atoms with E-state index in [2.05, 4.69) is 24.1 Å². The second-order valence-electron chi connectivity index (χ2n) is 6.16. The van der Waals surface area contributed by atoms with Crippen LogP contribution in [0.15, 0.2) is 0 Å². The molecule has 5 heteroatoms. The Morgan fingerprint density at radius 3 is 2.80 bits per heavy atom. The van der Waals surface area contributed by atoms with Gasteiger partial charge in [0.15, 0.2) is 0 Å². The van der Waals surface area contributed by atoms with Crippen LogP contribution in [0.25, 0.3) is 0 Å². The molecular formula is C15H30N2O3. The lowest BCUT2D eigenvalue weighted by atomic mass is 9.95. The average molecular weight is 286 g/mol.